The smallest absolute Gasteiger partial charge is 0.406 e. The molecule has 0 aromatic heterocycles. The Kier molecular flexibility index (Phi) is 5.02. The van der Waals surface area contributed by atoms with Crippen molar-refractivity contribution >= 4 is 12.4 Å². The molecule has 1 aromatic rings. The van der Waals surface area contributed by atoms with Gasteiger partial charge in [-0.1, -0.05) is 0 Å². The van der Waals surface area contributed by atoms with Gasteiger partial charge in [-0.2, -0.15) is 0 Å². The lowest BCUT2D eigenvalue weighted by molar-refractivity contribution is -0.274. The minimum absolute atomic E-state index is 0. The van der Waals surface area contributed by atoms with Crippen LogP contribution in [-0.4, -0.2) is 6.36 Å². The maximum atomic E-state index is 13.0. The summed E-state index contributed by atoms with van der Waals surface area (Å²) in [5.41, 5.74) is 5.35. The Morgan fingerprint density at radius 3 is 2.31 bits per heavy atom. The van der Waals surface area contributed by atoms with E-state index in [0.29, 0.717) is 0 Å². The maximum Gasteiger partial charge on any atom is 0.573 e. The summed E-state index contributed by atoms with van der Waals surface area (Å²) in [7, 11) is 0. The molecule has 0 aliphatic rings. The van der Waals surface area contributed by atoms with Crippen LogP contribution in [0.5, 0.6) is 5.75 Å². The Balaban J connectivity index is 0.00000225. The van der Waals surface area contributed by atoms with Gasteiger partial charge in [-0.05, 0) is 25.1 Å². The highest BCUT2D eigenvalue weighted by atomic mass is 35.5. The summed E-state index contributed by atoms with van der Waals surface area (Å²) >= 11 is 0. The zero-order valence-corrected chi connectivity index (χ0v) is 9.03. The van der Waals surface area contributed by atoms with Gasteiger partial charge in [0.15, 0.2) is 0 Å². The predicted octanol–water partition coefficient (Wildman–Crippen LogP) is 3.17. The van der Waals surface area contributed by atoms with Crippen LogP contribution in [-0.2, 0) is 0 Å². The van der Waals surface area contributed by atoms with Crippen molar-refractivity contribution in [3.8, 4) is 5.75 Å². The van der Waals surface area contributed by atoms with E-state index in [2.05, 4.69) is 4.74 Å². The van der Waals surface area contributed by atoms with E-state index in [1.807, 2.05) is 0 Å². The molecule has 92 valence electrons. The largest absolute Gasteiger partial charge is 0.573 e. The second-order valence-corrected chi connectivity index (χ2v) is 3.02. The van der Waals surface area contributed by atoms with Crippen LogP contribution in [0.4, 0.5) is 17.6 Å². The number of alkyl halides is 3. The number of hydrogen-bond acceptors (Lipinski definition) is 2. The Bertz CT molecular complexity index is 354. The molecule has 0 aliphatic carbocycles. The highest BCUT2D eigenvalue weighted by Gasteiger charge is 2.31. The molecule has 0 saturated heterocycles. The van der Waals surface area contributed by atoms with Gasteiger partial charge in [0, 0.05) is 11.6 Å². The molecule has 0 saturated carbocycles. The molecule has 0 heterocycles. The van der Waals surface area contributed by atoms with Gasteiger partial charge in [-0.15, -0.1) is 25.6 Å². The second-order valence-electron chi connectivity index (χ2n) is 3.02. The number of hydrogen-bond donors (Lipinski definition) is 1. The Morgan fingerprint density at radius 1 is 1.31 bits per heavy atom. The van der Waals surface area contributed by atoms with Crippen molar-refractivity contribution in [2.24, 2.45) is 5.73 Å². The second kappa shape index (κ2) is 5.36. The quantitative estimate of drug-likeness (QED) is 0.828. The Morgan fingerprint density at radius 2 is 1.88 bits per heavy atom. The monoisotopic (exact) mass is 259 g/mol. The first kappa shape index (κ1) is 15.0. The number of benzene rings is 1. The third kappa shape index (κ3) is 4.24. The van der Waals surface area contributed by atoms with Crippen molar-refractivity contribution < 1.29 is 22.3 Å². The van der Waals surface area contributed by atoms with Crippen molar-refractivity contribution in [3.05, 3.63) is 29.6 Å². The third-order valence-corrected chi connectivity index (χ3v) is 1.69. The van der Waals surface area contributed by atoms with Gasteiger partial charge in [-0.3, -0.25) is 0 Å². The first-order valence-corrected chi connectivity index (χ1v) is 4.10. The average molecular weight is 260 g/mol. The molecule has 0 aliphatic heterocycles. The molecule has 0 spiro atoms. The normalized spacial score (nSPS) is 12.9. The third-order valence-electron chi connectivity index (χ3n) is 1.69. The van der Waals surface area contributed by atoms with Crippen LogP contribution in [0.3, 0.4) is 0 Å². The molecule has 0 radical (unpaired) electrons. The van der Waals surface area contributed by atoms with Crippen LogP contribution in [0.1, 0.15) is 18.5 Å². The Hall–Kier alpha value is -1.01. The summed E-state index contributed by atoms with van der Waals surface area (Å²) in [6.45, 7) is 1.47. The summed E-state index contributed by atoms with van der Waals surface area (Å²) in [6, 6.07) is 2.03. The number of rotatable bonds is 2. The highest BCUT2D eigenvalue weighted by molar-refractivity contribution is 5.85. The van der Waals surface area contributed by atoms with Crippen molar-refractivity contribution in [1.82, 2.24) is 0 Å². The summed E-state index contributed by atoms with van der Waals surface area (Å²) < 4.78 is 52.1. The zero-order valence-electron chi connectivity index (χ0n) is 8.22. The predicted molar refractivity (Wildman–Crippen MR) is 52.9 cm³/mol. The molecule has 16 heavy (non-hydrogen) atoms. The standard InChI is InChI=1S/C9H9F4NO.ClH/c1-5(14)7-4-6(2-3-8(7)10)15-9(11,12)13;/h2-5H,14H2,1H3;1H. The van der Waals surface area contributed by atoms with Gasteiger partial charge in [0.1, 0.15) is 11.6 Å². The number of halogens is 5. The van der Waals surface area contributed by atoms with E-state index in [4.69, 9.17) is 5.73 Å². The molecule has 7 heteroatoms. The molecule has 2 N–H and O–H groups in total. The lowest BCUT2D eigenvalue weighted by Crippen LogP contribution is -2.17. The molecule has 0 fully saturated rings. The lowest BCUT2D eigenvalue weighted by atomic mass is 10.1. The topological polar surface area (TPSA) is 35.2 Å². The van der Waals surface area contributed by atoms with E-state index in [-0.39, 0.29) is 18.0 Å². The van der Waals surface area contributed by atoms with E-state index in [1.54, 1.807) is 0 Å². The fourth-order valence-electron chi connectivity index (χ4n) is 1.07. The minimum Gasteiger partial charge on any atom is -0.406 e. The summed E-state index contributed by atoms with van der Waals surface area (Å²) in [4.78, 5) is 0. The van der Waals surface area contributed by atoms with E-state index in [0.717, 1.165) is 18.2 Å². The number of nitrogens with two attached hydrogens (primary N) is 1. The molecule has 1 rings (SSSR count). The minimum atomic E-state index is -4.78. The summed E-state index contributed by atoms with van der Waals surface area (Å²) in [5.74, 6) is -1.13. The molecule has 1 atom stereocenters. The van der Waals surface area contributed by atoms with Crippen molar-refractivity contribution in [2.45, 2.75) is 19.3 Å². The van der Waals surface area contributed by atoms with Crippen LogP contribution in [0.15, 0.2) is 18.2 Å². The molecule has 0 amide bonds. The van der Waals surface area contributed by atoms with Crippen LogP contribution < -0.4 is 10.5 Å². The van der Waals surface area contributed by atoms with E-state index in [9.17, 15) is 17.6 Å². The Labute approximate surface area is 95.8 Å². The molecular formula is C9H10ClF4NO. The molecular weight excluding hydrogens is 250 g/mol. The highest BCUT2D eigenvalue weighted by Crippen LogP contribution is 2.26. The first-order chi connectivity index (χ1) is 6.79. The molecule has 1 aromatic carbocycles. The van der Waals surface area contributed by atoms with Gasteiger partial charge in [0.2, 0.25) is 0 Å². The van der Waals surface area contributed by atoms with Gasteiger partial charge in [0.05, 0.1) is 0 Å². The van der Waals surface area contributed by atoms with Gasteiger partial charge < -0.3 is 10.5 Å². The summed E-state index contributed by atoms with van der Waals surface area (Å²) in [6.07, 6.45) is -4.78. The molecule has 0 bridgehead atoms. The maximum absolute atomic E-state index is 13.0. The van der Waals surface area contributed by atoms with E-state index < -0.39 is 24.0 Å². The van der Waals surface area contributed by atoms with Crippen LogP contribution in [0, 0.1) is 5.82 Å². The van der Waals surface area contributed by atoms with Crippen LogP contribution in [0.25, 0.3) is 0 Å². The first-order valence-electron chi connectivity index (χ1n) is 4.10. The van der Waals surface area contributed by atoms with E-state index >= 15 is 0 Å². The van der Waals surface area contributed by atoms with E-state index in [1.165, 1.54) is 6.92 Å². The molecule has 1 unspecified atom stereocenters. The zero-order chi connectivity index (χ0) is 11.6. The molecule has 2 nitrogen and oxygen atoms in total. The SMILES string of the molecule is CC(N)c1cc(OC(F)(F)F)ccc1F.Cl. The van der Waals surface area contributed by atoms with Gasteiger partial charge in [0.25, 0.3) is 0 Å². The van der Waals surface area contributed by atoms with Gasteiger partial charge in [-0.25, -0.2) is 4.39 Å². The lowest BCUT2D eigenvalue weighted by Gasteiger charge is -2.12. The van der Waals surface area contributed by atoms with Gasteiger partial charge >= 0.3 is 6.36 Å². The average Bonchev–Trinajstić information content (AvgIpc) is 2.05. The van der Waals surface area contributed by atoms with Crippen LogP contribution >= 0.6 is 12.4 Å². The summed E-state index contributed by atoms with van der Waals surface area (Å²) in [5, 5.41) is 0. The van der Waals surface area contributed by atoms with Crippen molar-refractivity contribution in [2.75, 3.05) is 0 Å². The fraction of sp³-hybridized carbons (Fsp3) is 0.333. The van der Waals surface area contributed by atoms with Crippen molar-refractivity contribution in [3.63, 3.8) is 0 Å². The number of ether oxygens (including phenoxy) is 1. The van der Waals surface area contributed by atoms with Crippen LogP contribution in [0.2, 0.25) is 0 Å². The van der Waals surface area contributed by atoms with Crippen molar-refractivity contribution in [1.29, 1.82) is 0 Å². The fourth-order valence-corrected chi connectivity index (χ4v) is 1.07.